The second-order valence-corrected chi connectivity index (χ2v) is 4.27. The van der Waals surface area contributed by atoms with Crippen LogP contribution in [0.4, 0.5) is 8.78 Å². The molecule has 1 aromatic heterocycles. The zero-order chi connectivity index (χ0) is 14.7. The third-order valence-corrected chi connectivity index (χ3v) is 2.77. The number of nitrogens with one attached hydrogen (secondary N) is 1. The second-order valence-electron chi connectivity index (χ2n) is 4.27. The molecule has 20 heavy (non-hydrogen) atoms. The molecule has 6 heteroatoms. The fraction of sp³-hybridized carbons (Fsp3) is 0.286. The fourth-order valence-electron chi connectivity index (χ4n) is 1.79. The van der Waals surface area contributed by atoms with Gasteiger partial charge in [0.15, 0.2) is 0 Å². The van der Waals surface area contributed by atoms with Crippen molar-refractivity contribution in [2.75, 3.05) is 6.61 Å². The number of aromatic nitrogens is 2. The van der Waals surface area contributed by atoms with Crippen LogP contribution in [0, 0.1) is 18.6 Å². The molecule has 0 fully saturated rings. The summed E-state index contributed by atoms with van der Waals surface area (Å²) in [6.07, 6.45) is 0. The zero-order valence-corrected chi connectivity index (χ0v) is 11.2. The molecule has 0 bridgehead atoms. The monoisotopic (exact) mass is 280 g/mol. The summed E-state index contributed by atoms with van der Waals surface area (Å²) in [6, 6.07) is 3.55. The van der Waals surface area contributed by atoms with E-state index >= 15 is 0 Å². The van der Waals surface area contributed by atoms with E-state index in [1.54, 1.807) is 6.92 Å². The number of hydrogen-bond acceptors (Lipinski definition) is 3. The van der Waals surface area contributed by atoms with Gasteiger partial charge >= 0.3 is 0 Å². The molecule has 0 saturated carbocycles. The van der Waals surface area contributed by atoms with Crippen molar-refractivity contribution in [2.24, 2.45) is 0 Å². The molecule has 2 rings (SSSR count). The van der Waals surface area contributed by atoms with Crippen LogP contribution in [0.25, 0.3) is 11.3 Å². The molecule has 0 radical (unpaired) electrons. The predicted octanol–water partition coefficient (Wildman–Crippen LogP) is 2.56. The molecule has 0 aliphatic carbocycles. The molecule has 1 heterocycles. The minimum Gasteiger partial charge on any atom is -0.374 e. The molecule has 0 aliphatic heterocycles. The SMILES string of the molecule is CCOCc1nc(-c2c(F)ccc(C)c2F)cc(=O)[nH]1. The van der Waals surface area contributed by atoms with E-state index in [0.717, 1.165) is 12.1 Å². The summed E-state index contributed by atoms with van der Waals surface area (Å²) in [6.45, 7) is 3.84. The van der Waals surface area contributed by atoms with Gasteiger partial charge in [0.1, 0.15) is 24.1 Å². The lowest BCUT2D eigenvalue weighted by molar-refractivity contribution is 0.128. The highest BCUT2D eigenvalue weighted by Crippen LogP contribution is 2.25. The van der Waals surface area contributed by atoms with E-state index in [1.807, 2.05) is 0 Å². The van der Waals surface area contributed by atoms with Crippen molar-refractivity contribution in [1.82, 2.24) is 9.97 Å². The number of benzene rings is 1. The standard InChI is InChI=1S/C14H14F2N2O2/c1-3-20-7-11-17-10(6-12(19)18-11)13-9(15)5-4-8(2)14(13)16/h4-6H,3,7H2,1-2H3,(H,17,18,19). The molecule has 0 amide bonds. The van der Waals surface area contributed by atoms with Crippen LogP contribution in [-0.2, 0) is 11.3 Å². The Hall–Kier alpha value is -2.08. The first-order valence-corrected chi connectivity index (χ1v) is 6.16. The lowest BCUT2D eigenvalue weighted by atomic mass is 10.1. The summed E-state index contributed by atoms with van der Waals surface area (Å²) in [5.74, 6) is -1.24. The summed E-state index contributed by atoms with van der Waals surface area (Å²) in [5, 5.41) is 0. The van der Waals surface area contributed by atoms with Crippen LogP contribution >= 0.6 is 0 Å². The predicted molar refractivity (Wildman–Crippen MR) is 70.3 cm³/mol. The molecular formula is C14H14F2N2O2. The Morgan fingerprint density at radius 3 is 2.80 bits per heavy atom. The third-order valence-electron chi connectivity index (χ3n) is 2.77. The number of halogens is 2. The Labute approximate surface area is 114 Å². The van der Waals surface area contributed by atoms with Crippen molar-refractivity contribution >= 4 is 0 Å². The normalized spacial score (nSPS) is 10.8. The molecular weight excluding hydrogens is 266 g/mol. The van der Waals surface area contributed by atoms with Gasteiger partial charge in [-0.15, -0.1) is 0 Å². The number of H-pyrrole nitrogens is 1. The van der Waals surface area contributed by atoms with Crippen molar-refractivity contribution in [2.45, 2.75) is 20.5 Å². The molecule has 0 unspecified atom stereocenters. The summed E-state index contributed by atoms with van der Waals surface area (Å²) >= 11 is 0. The van der Waals surface area contributed by atoms with E-state index < -0.39 is 17.2 Å². The maximum Gasteiger partial charge on any atom is 0.251 e. The van der Waals surface area contributed by atoms with Gasteiger partial charge in [0.2, 0.25) is 0 Å². The highest BCUT2D eigenvalue weighted by molar-refractivity contribution is 5.61. The maximum atomic E-state index is 14.0. The maximum absolute atomic E-state index is 14.0. The lowest BCUT2D eigenvalue weighted by Crippen LogP contribution is -2.13. The number of hydrogen-bond donors (Lipinski definition) is 1. The summed E-state index contributed by atoms with van der Waals surface area (Å²) in [4.78, 5) is 18.1. The van der Waals surface area contributed by atoms with Crippen molar-refractivity contribution in [1.29, 1.82) is 0 Å². The highest BCUT2D eigenvalue weighted by Gasteiger charge is 2.16. The van der Waals surface area contributed by atoms with Crippen molar-refractivity contribution in [3.63, 3.8) is 0 Å². The Balaban J connectivity index is 2.55. The Morgan fingerprint density at radius 1 is 1.35 bits per heavy atom. The summed E-state index contributed by atoms with van der Waals surface area (Å²) in [5.41, 5.74) is -0.532. The van der Waals surface area contributed by atoms with Crippen molar-refractivity contribution in [3.05, 3.63) is 51.6 Å². The smallest absolute Gasteiger partial charge is 0.251 e. The van der Waals surface area contributed by atoms with E-state index in [-0.39, 0.29) is 29.3 Å². The van der Waals surface area contributed by atoms with E-state index in [9.17, 15) is 13.6 Å². The quantitative estimate of drug-likeness (QED) is 0.936. The summed E-state index contributed by atoms with van der Waals surface area (Å²) in [7, 11) is 0. The van der Waals surface area contributed by atoms with Crippen molar-refractivity contribution in [3.8, 4) is 11.3 Å². The number of aromatic amines is 1. The molecule has 1 aromatic carbocycles. The topological polar surface area (TPSA) is 55.0 Å². The largest absolute Gasteiger partial charge is 0.374 e. The Bertz CT molecular complexity index is 683. The number of rotatable bonds is 4. The van der Waals surface area contributed by atoms with Gasteiger partial charge < -0.3 is 9.72 Å². The Morgan fingerprint density at radius 2 is 2.10 bits per heavy atom. The number of ether oxygens (including phenoxy) is 1. The van der Waals surface area contributed by atoms with Gasteiger partial charge in [0.25, 0.3) is 5.56 Å². The minimum absolute atomic E-state index is 0.0397. The van der Waals surface area contributed by atoms with Crippen LogP contribution in [-0.4, -0.2) is 16.6 Å². The molecule has 0 aliphatic rings. The number of nitrogens with zero attached hydrogens (tertiary/aromatic N) is 1. The minimum atomic E-state index is -0.756. The van der Waals surface area contributed by atoms with Crippen LogP contribution in [0.2, 0.25) is 0 Å². The van der Waals surface area contributed by atoms with Crippen LogP contribution in [0.15, 0.2) is 23.0 Å². The van der Waals surface area contributed by atoms with Crippen LogP contribution in [0.1, 0.15) is 18.3 Å². The van der Waals surface area contributed by atoms with E-state index in [1.165, 1.54) is 13.0 Å². The van der Waals surface area contributed by atoms with E-state index in [0.29, 0.717) is 6.61 Å². The van der Waals surface area contributed by atoms with Gasteiger partial charge in [-0.2, -0.15) is 0 Å². The Kier molecular flexibility index (Phi) is 4.24. The highest BCUT2D eigenvalue weighted by atomic mass is 19.1. The van der Waals surface area contributed by atoms with E-state index in [2.05, 4.69) is 9.97 Å². The fourth-order valence-corrected chi connectivity index (χ4v) is 1.79. The van der Waals surface area contributed by atoms with Crippen LogP contribution < -0.4 is 5.56 Å². The number of aryl methyl sites for hydroxylation is 1. The van der Waals surface area contributed by atoms with Crippen LogP contribution in [0.3, 0.4) is 0 Å². The van der Waals surface area contributed by atoms with Gasteiger partial charge in [-0.25, -0.2) is 13.8 Å². The van der Waals surface area contributed by atoms with Crippen LogP contribution in [0.5, 0.6) is 0 Å². The first-order valence-electron chi connectivity index (χ1n) is 6.16. The second kappa shape index (κ2) is 5.92. The molecule has 0 atom stereocenters. The molecule has 0 saturated heterocycles. The van der Waals surface area contributed by atoms with Gasteiger partial charge in [0, 0.05) is 12.7 Å². The molecule has 0 spiro atoms. The zero-order valence-electron chi connectivity index (χ0n) is 11.2. The van der Waals surface area contributed by atoms with Gasteiger partial charge in [-0.05, 0) is 25.5 Å². The van der Waals surface area contributed by atoms with Gasteiger partial charge in [-0.3, -0.25) is 4.79 Å². The third kappa shape index (κ3) is 2.91. The first kappa shape index (κ1) is 14.3. The average Bonchev–Trinajstić information content (AvgIpc) is 2.41. The first-order chi connectivity index (χ1) is 9.52. The average molecular weight is 280 g/mol. The van der Waals surface area contributed by atoms with Gasteiger partial charge in [-0.1, -0.05) is 6.07 Å². The molecule has 2 aromatic rings. The summed E-state index contributed by atoms with van der Waals surface area (Å²) < 4.78 is 33.0. The van der Waals surface area contributed by atoms with Crippen molar-refractivity contribution < 1.29 is 13.5 Å². The molecule has 106 valence electrons. The molecule has 4 nitrogen and oxygen atoms in total. The molecule has 1 N–H and O–H groups in total. The van der Waals surface area contributed by atoms with Gasteiger partial charge in [0.05, 0.1) is 11.3 Å². The lowest BCUT2D eigenvalue weighted by Gasteiger charge is -2.08. The van der Waals surface area contributed by atoms with E-state index in [4.69, 9.17) is 4.74 Å².